The molecule has 0 fully saturated rings. The highest BCUT2D eigenvalue weighted by Gasteiger charge is 2.06. The monoisotopic (exact) mass is 176 g/mol. The first-order chi connectivity index (χ1) is 6.31. The van der Waals surface area contributed by atoms with Crippen LogP contribution in [0.15, 0.2) is 12.3 Å². The van der Waals surface area contributed by atoms with Gasteiger partial charge in [-0.2, -0.15) is 10.3 Å². The van der Waals surface area contributed by atoms with Crippen LogP contribution in [0.4, 0.5) is 0 Å². The van der Waals surface area contributed by atoms with Crippen molar-refractivity contribution in [2.45, 2.75) is 12.8 Å². The fourth-order valence-electron chi connectivity index (χ4n) is 1.08. The fraction of sp³-hybridized carbons (Fsp3) is 0.250. The topological polar surface area (TPSA) is 71.5 Å². The van der Waals surface area contributed by atoms with Gasteiger partial charge in [0, 0.05) is 12.1 Å². The van der Waals surface area contributed by atoms with E-state index in [4.69, 9.17) is 0 Å². The van der Waals surface area contributed by atoms with Crippen molar-refractivity contribution in [3.05, 3.63) is 17.8 Å². The number of H-pyrrole nitrogens is 1. The highest BCUT2D eigenvalue weighted by molar-refractivity contribution is 5.71. The van der Waals surface area contributed by atoms with Gasteiger partial charge in [0.15, 0.2) is 0 Å². The highest BCUT2D eigenvalue weighted by atomic mass is 16.1. The van der Waals surface area contributed by atoms with Crippen molar-refractivity contribution in [3.8, 4) is 0 Å². The molecule has 5 heteroatoms. The molecule has 0 radical (unpaired) electrons. The van der Waals surface area contributed by atoms with Gasteiger partial charge >= 0.3 is 0 Å². The van der Waals surface area contributed by atoms with Crippen molar-refractivity contribution in [2.24, 2.45) is 0 Å². The van der Waals surface area contributed by atoms with Gasteiger partial charge in [0.2, 0.25) is 5.65 Å². The third-order valence-electron chi connectivity index (χ3n) is 1.92. The predicted octanol–water partition coefficient (Wildman–Crippen LogP) is 0.655. The maximum absolute atomic E-state index is 10.5. The van der Waals surface area contributed by atoms with E-state index in [9.17, 15) is 4.79 Å². The molecule has 1 unspecified atom stereocenters. The molecule has 0 saturated heterocycles. The van der Waals surface area contributed by atoms with Crippen LogP contribution in [-0.4, -0.2) is 26.7 Å². The first kappa shape index (κ1) is 7.85. The van der Waals surface area contributed by atoms with Crippen LogP contribution in [0.25, 0.3) is 11.2 Å². The lowest BCUT2D eigenvalue weighted by molar-refractivity contribution is -0.108. The van der Waals surface area contributed by atoms with Crippen molar-refractivity contribution >= 4 is 17.5 Å². The first-order valence-corrected chi connectivity index (χ1v) is 3.93. The Balaban J connectivity index is 2.53. The van der Waals surface area contributed by atoms with Crippen molar-refractivity contribution in [1.82, 2.24) is 20.4 Å². The van der Waals surface area contributed by atoms with Crippen LogP contribution >= 0.6 is 0 Å². The maximum atomic E-state index is 10.5. The molecule has 5 nitrogen and oxygen atoms in total. The van der Waals surface area contributed by atoms with Gasteiger partial charge in [-0.15, -0.1) is 5.10 Å². The lowest BCUT2D eigenvalue weighted by atomic mass is 10.1. The normalized spacial score (nSPS) is 13.0. The van der Waals surface area contributed by atoms with Crippen molar-refractivity contribution in [2.75, 3.05) is 0 Å². The smallest absolute Gasteiger partial charge is 0.201 e. The molecule has 0 amide bonds. The molecule has 2 rings (SSSR count). The van der Waals surface area contributed by atoms with E-state index in [-0.39, 0.29) is 5.92 Å². The number of fused-ring (bicyclic) bond motifs is 1. The summed E-state index contributed by atoms with van der Waals surface area (Å²) in [5, 5.41) is 10.2. The van der Waals surface area contributed by atoms with E-state index in [1.165, 1.54) is 0 Å². The summed E-state index contributed by atoms with van der Waals surface area (Å²) >= 11 is 0. The quantitative estimate of drug-likeness (QED) is 0.682. The van der Waals surface area contributed by atoms with Crippen molar-refractivity contribution in [3.63, 3.8) is 0 Å². The first-order valence-electron chi connectivity index (χ1n) is 3.93. The van der Waals surface area contributed by atoms with Crippen LogP contribution in [0.5, 0.6) is 0 Å². The second-order valence-electron chi connectivity index (χ2n) is 2.86. The van der Waals surface area contributed by atoms with E-state index in [0.717, 1.165) is 11.8 Å². The minimum Gasteiger partial charge on any atom is -0.303 e. The van der Waals surface area contributed by atoms with Crippen LogP contribution in [-0.2, 0) is 4.79 Å². The number of nitrogens with one attached hydrogen (secondary N) is 1. The minimum absolute atomic E-state index is 0.145. The van der Waals surface area contributed by atoms with Crippen LogP contribution in [0.2, 0.25) is 0 Å². The fourth-order valence-corrected chi connectivity index (χ4v) is 1.08. The number of rotatable bonds is 2. The molecule has 0 aliphatic carbocycles. The van der Waals surface area contributed by atoms with Gasteiger partial charge in [-0.3, -0.25) is 0 Å². The van der Waals surface area contributed by atoms with Crippen LogP contribution < -0.4 is 0 Å². The number of hydrogen-bond acceptors (Lipinski definition) is 4. The molecule has 0 saturated carbocycles. The number of aromatic amines is 1. The number of aldehydes is 1. The molecule has 1 N–H and O–H groups in total. The molecule has 13 heavy (non-hydrogen) atoms. The second-order valence-corrected chi connectivity index (χ2v) is 2.86. The zero-order chi connectivity index (χ0) is 9.26. The zero-order valence-electron chi connectivity index (χ0n) is 7.06. The third kappa shape index (κ3) is 1.28. The Morgan fingerprint density at radius 3 is 3.15 bits per heavy atom. The molecule has 2 heterocycles. The van der Waals surface area contributed by atoms with E-state index in [1.54, 1.807) is 6.20 Å². The molecule has 0 aliphatic rings. The lowest BCUT2D eigenvalue weighted by Crippen LogP contribution is -1.95. The largest absolute Gasteiger partial charge is 0.303 e. The number of hydrogen-bond donors (Lipinski definition) is 1. The van der Waals surface area contributed by atoms with Crippen molar-refractivity contribution < 1.29 is 4.79 Å². The Hall–Kier alpha value is -1.78. The van der Waals surface area contributed by atoms with E-state index >= 15 is 0 Å². The van der Waals surface area contributed by atoms with Crippen molar-refractivity contribution in [1.29, 1.82) is 0 Å². The van der Waals surface area contributed by atoms with E-state index in [2.05, 4.69) is 20.4 Å². The summed E-state index contributed by atoms with van der Waals surface area (Å²) in [7, 11) is 0. The third-order valence-corrected chi connectivity index (χ3v) is 1.92. The van der Waals surface area contributed by atoms with Gasteiger partial charge in [-0.1, -0.05) is 6.92 Å². The molecule has 1 atom stereocenters. The summed E-state index contributed by atoms with van der Waals surface area (Å²) < 4.78 is 0. The molecule has 0 bridgehead atoms. The van der Waals surface area contributed by atoms with E-state index in [0.29, 0.717) is 11.2 Å². The average Bonchev–Trinajstić information content (AvgIpc) is 2.63. The van der Waals surface area contributed by atoms with Crippen LogP contribution in [0, 0.1) is 0 Å². The number of nitrogens with zero attached hydrogens (tertiary/aromatic N) is 3. The molecule has 0 spiro atoms. The Kier molecular flexibility index (Phi) is 1.77. The Morgan fingerprint density at radius 2 is 2.38 bits per heavy atom. The molecular weight excluding hydrogens is 168 g/mol. The molecular formula is C8H8N4O. The summed E-state index contributed by atoms with van der Waals surface area (Å²) in [6.45, 7) is 1.82. The van der Waals surface area contributed by atoms with Gasteiger partial charge in [-0.05, 0) is 11.6 Å². The summed E-state index contributed by atoms with van der Waals surface area (Å²) in [4.78, 5) is 14.6. The summed E-state index contributed by atoms with van der Waals surface area (Å²) in [5.41, 5.74) is 2.12. The number of carbonyl (C=O) groups is 1. The SMILES string of the molecule is CC(C=O)c1cnc2n[nH]nc2c1. The van der Waals surface area contributed by atoms with Crippen LogP contribution in [0.1, 0.15) is 18.4 Å². The van der Waals surface area contributed by atoms with Gasteiger partial charge in [0.25, 0.3) is 0 Å². The predicted molar refractivity (Wildman–Crippen MR) is 46.2 cm³/mol. The van der Waals surface area contributed by atoms with Gasteiger partial charge in [-0.25, -0.2) is 4.98 Å². The zero-order valence-corrected chi connectivity index (χ0v) is 7.06. The van der Waals surface area contributed by atoms with Crippen LogP contribution in [0.3, 0.4) is 0 Å². The number of pyridine rings is 1. The number of carbonyl (C=O) groups excluding carboxylic acids is 1. The second kappa shape index (κ2) is 2.93. The van der Waals surface area contributed by atoms with Gasteiger partial charge < -0.3 is 4.79 Å². The summed E-state index contributed by atoms with van der Waals surface area (Å²) in [5.74, 6) is -0.145. The molecule has 2 aromatic heterocycles. The number of aromatic nitrogens is 4. The summed E-state index contributed by atoms with van der Waals surface area (Å²) in [6.07, 6.45) is 2.52. The standard InChI is InChI=1S/C8H8N4O/c1-5(4-13)6-2-7-8(9-3-6)11-12-10-7/h2-5H,1H3,(H,9,10,11,12). The molecule has 0 aromatic carbocycles. The van der Waals surface area contributed by atoms with Gasteiger partial charge in [0.05, 0.1) is 0 Å². The highest BCUT2D eigenvalue weighted by Crippen LogP contribution is 2.14. The van der Waals surface area contributed by atoms with Gasteiger partial charge in [0.1, 0.15) is 11.8 Å². The molecule has 2 aromatic rings. The van der Waals surface area contributed by atoms with E-state index in [1.807, 2.05) is 13.0 Å². The van der Waals surface area contributed by atoms with E-state index < -0.39 is 0 Å². The maximum Gasteiger partial charge on any atom is 0.201 e. The molecule has 66 valence electrons. The Labute approximate surface area is 74.2 Å². The minimum atomic E-state index is -0.145. The molecule has 0 aliphatic heterocycles. The lowest BCUT2D eigenvalue weighted by Gasteiger charge is -2.00. The summed E-state index contributed by atoms with van der Waals surface area (Å²) in [6, 6.07) is 1.81. The Morgan fingerprint density at radius 1 is 1.54 bits per heavy atom. The average molecular weight is 176 g/mol. The Bertz CT molecular complexity index is 436.